The molecular formula is C23H25N5OS. The molecule has 154 valence electrons. The van der Waals surface area contributed by atoms with Gasteiger partial charge in [-0.15, -0.1) is 0 Å². The highest BCUT2D eigenvalue weighted by Crippen LogP contribution is 2.37. The van der Waals surface area contributed by atoms with Gasteiger partial charge in [-0.1, -0.05) is 18.2 Å². The second-order valence-electron chi connectivity index (χ2n) is 7.56. The predicted molar refractivity (Wildman–Crippen MR) is 122 cm³/mol. The molecule has 0 saturated carbocycles. The Kier molecular flexibility index (Phi) is 5.81. The van der Waals surface area contributed by atoms with Crippen LogP contribution in [0.3, 0.4) is 0 Å². The lowest BCUT2D eigenvalue weighted by molar-refractivity contribution is -0.116. The van der Waals surface area contributed by atoms with E-state index in [1.54, 1.807) is 6.20 Å². The first-order valence-electron chi connectivity index (χ1n) is 10.0. The van der Waals surface area contributed by atoms with Crippen molar-refractivity contribution in [2.24, 2.45) is 0 Å². The molecule has 0 aliphatic carbocycles. The van der Waals surface area contributed by atoms with Gasteiger partial charge in [-0.25, -0.2) is 0 Å². The summed E-state index contributed by atoms with van der Waals surface area (Å²) in [7, 11) is 0. The van der Waals surface area contributed by atoms with Crippen molar-refractivity contribution >= 4 is 28.9 Å². The topological polar surface area (TPSA) is 73.1 Å². The van der Waals surface area contributed by atoms with E-state index in [0.29, 0.717) is 18.1 Å². The van der Waals surface area contributed by atoms with Crippen molar-refractivity contribution in [3.8, 4) is 0 Å². The number of hydrogen-bond acceptors (Lipinski definition) is 3. The summed E-state index contributed by atoms with van der Waals surface area (Å²) in [6.45, 7) is 4.52. The molecule has 4 rings (SSSR count). The summed E-state index contributed by atoms with van der Waals surface area (Å²) < 4.78 is 0. The second kappa shape index (κ2) is 8.67. The van der Waals surface area contributed by atoms with E-state index in [4.69, 9.17) is 12.2 Å². The highest BCUT2D eigenvalue weighted by atomic mass is 32.1. The number of anilines is 1. The maximum Gasteiger partial charge on any atom is 0.226 e. The maximum absolute atomic E-state index is 12.7. The predicted octanol–water partition coefficient (Wildman–Crippen LogP) is 4.03. The Morgan fingerprint density at radius 1 is 1.20 bits per heavy atom. The third kappa shape index (κ3) is 4.21. The Balaban J connectivity index is 1.50. The number of nitrogens with one attached hydrogen (secondary N) is 3. The van der Waals surface area contributed by atoms with Gasteiger partial charge in [0.1, 0.15) is 0 Å². The molecule has 1 fully saturated rings. The van der Waals surface area contributed by atoms with Crippen molar-refractivity contribution in [3.05, 3.63) is 83.4 Å². The van der Waals surface area contributed by atoms with Crippen LogP contribution in [0.2, 0.25) is 0 Å². The van der Waals surface area contributed by atoms with E-state index >= 15 is 0 Å². The van der Waals surface area contributed by atoms with Gasteiger partial charge in [-0.3, -0.25) is 9.78 Å². The number of carbonyl (C=O) groups excluding carboxylic acids is 1. The third-order valence-corrected chi connectivity index (χ3v) is 5.74. The molecule has 1 aliphatic rings. The van der Waals surface area contributed by atoms with Crippen LogP contribution < -0.4 is 10.6 Å². The number of aromatic amines is 1. The molecule has 2 atom stereocenters. The number of nitrogens with zero attached hydrogens (tertiary/aromatic N) is 2. The van der Waals surface area contributed by atoms with Crippen LogP contribution in [-0.2, 0) is 4.79 Å². The van der Waals surface area contributed by atoms with E-state index in [0.717, 1.165) is 28.2 Å². The van der Waals surface area contributed by atoms with Gasteiger partial charge in [0.25, 0.3) is 0 Å². The molecule has 3 heterocycles. The minimum absolute atomic E-state index is 0.0296. The van der Waals surface area contributed by atoms with E-state index in [1.165, 1.54) is 0 Å². The Bertz CT molecular complexity index is 1040. The van der Waals surface area contributed by atoms with Crippen LogP contribution in [0.4, 0.5) is 5.69 Å². The SMILES string of the molecule is Cc1ccc(C)c(NC(=O)CCN2C(=S)N[C@H](c3ccccn3)[C@@H]2c2ccc[nH]2)c1. The zero-order valence-electron chi connectivity index (χ0n) is 17.1. The molecule has 1 aromatic carbocycles. The molecule has 3 N–H and O–H groups in total. The molecule has 3 aromatic rings. The van der Waals surface area contributed by atoms with Crippen molar-refractivity contribution in [2.75, 3.05) is 11.9 Å². The molecule has 0 bridgehead atoms. The summed E-state index contributed by atoms with van der Waals surface area (Å²) in [6, 6.07) is 15.8. The lowest BCUT2D eigenvalue weighted by Gasteiger charge is -2.26. The van der Waals surface area contributed by atoms with Gasteiger partial charge < -0.3 is 20.5 Å². The molecule has 0 unspecified atom stereocenters. The molecule has 1 amide bonds. The molecular weight excluding hydrogens is 394 g/mol. The largest absolute Gasteiger partial charge is 0.363 e. The Morgan fingerprint density at radius 3 is 2.80 bits per heavy atom. The summed E-state index contributed by atoms with van der Waals surface area (Å²) in [5.74, 6) is -0.0296. The number of rotatable bonds is 6. The van der Waals surface area contributed by atoms with Crippen LogP contribution >= 0.6 is 12.2 Å². The molecule has 0 spiro atoms. The van der Waals surface area contributed by atoms with Gasteiger partial charge in [0.2, 0.25) is 5.91 Å². The van der Waals surface area contributed by atoms with Gasteiger partial charge >= 0.3 is 0 Å². The molecule has 2 aromatic heterocycles. The molecule has 6 nitrogen and oxygen atoms in total. The highest BCUT2D eigenvalue weighted by Gasteiger charge is 2.40. The van der Waals surface area contributed by atoms with Crippen LogP contribution in [0.15, 0.2) is 60.9 Å². The second-order valence-corrected chi connectivity index (χ2v) is 7.95. The number of thiocarbonyl (C=S) groups is 1. The summed E-state index contributed by atoms with van der Waals surface area (Å²) in [5.41, 5.74) is 4.97. The van der Waals surface area contributed by atoms with Crippen molar-refractivity contribution in [1.82, 2.24) is 20.2 Å². The van der Waals surface area contributed by atoms with Crippen LogP contribution in [0.5, 0.6) is 0 Å². The van der Waals surface area contributed by atoms with E-state index in [9.17, 15) is 4.79 Å². The number of carbonyl (C=O) groups is 1. The number of aryl methyl sites for hydroxylation is 2. The minimum Gasteiger partial charge on any atom is -0.363 e. The van der Waals surface area contributed by atoms with Gasteiger partial charge in [-0.05, 0) is 67.5 Å². The van der Waals surface area contributed by atoms with Crippen LogP contribution in [0.1, 0.15) is 41.0 Å². The summed E-state index contributed by atoms with van der Waals surface area (Å²) in [4.78, 5) is 22.6. The van der Waals surface area contributed by atoms with Gasteiger partial charge in [0.15, 0.2) is 5.11 Å². The summed E-state index contributed by atoms with van der Waals surface area (Å²) in [5, 5.41) is 7.05. The normalized spacial score (nSPS) is 18.3. The first-order valence-corrected chi connectivity index (χ1v) is 10.4. The summed E-state index contributed by atoms with van der Waals surface area (Å²) >= 11 is 5.63. The minimum atomic E-state index is -0.0839. The number of hydrogen-bond donors (Lipinski definition) is 3. The fourth-order valence-corrected chi connectivity index (χ4v) is 4.15. The average molecular weight is 420 g/mol. The monoisotopic (exact) mass is 419 g/mol. The molecule has 0 radical (unpaired) electrons. The van der Waals surface area contributed by atoms with Crippen molar-refractivity contribution < 1.29 is 4.79 Å². The fourth-order valence-electron chi connectivity index (χ4n) is 3.82. The first kappa shape index (κ1) is 20.1. The number of H-pyrrole nitrogens is 1. The Morgan fingerprint density at radius 2 is 2.07 bits per heavy atom. The number of pyridine rings is 1. The lowest BCUT2D eigenvalue weighted by Crippen LogP contribution is -2.32. The lowest BCUT2D eigenvalue weighted by atomic mass is 10.0. The van der Waals surface area contributed by atoms with Crippen LogP contribution in [0, 0.1) is 13.8 Å². The zero-order valence-corrected chi connectivity index (χ0v) is 17.9. The van der Waals surface area contributed by atoms with Crippen LogP contribution in [-0.4, -0.2) is 32.4 Å². The molecule has 1 aliphatic heterocycles. The summed E-state index contributed by atoms with van der Waals surface area (Å²) in [6.07, 6.45) is 4.02. The van der Waals surface area contributed by atoms with E-state index in [-0.39, 0.29) is 18.0 Å². The van der Waals surface area contributed by atoms with Crippen molar-refractivity contribution in [3.63, 3.8) is 0 Å². The van der Waals surface area contributed by atoms with Gasteiger partial charge in [-0.2, -0.15) is 0 Å². The smallest absolute Gasteiger partial charge is 0.226 e. The highest BCUT2D eigenvalue weighted by molar-refractivity contribution is 7.80. The van der Waals surface area contributed by atoms with Crippen molar-refractivity contribution in [2.45, 2.75) is 32.4 Å². The number of benzene rings is 1. The average Bonchev–Trinajstić information content (AvgIpc) is 3.37. The first-order chi connectivity index (χ1) is 14.5. The van der Waals surface area contributed by atoms with E-state index < -0.39 is 0 Å². The molecule has 7 heteroatoms. The Hall–Kier alpha value is -3.19. The third-order valence-electron chi connectivity index (χ3n) is 5.39. The quantitative estimate of drug-likeness (QED) is 0.526. The van der Waals surface area contributed by atoms with E-state index in [1.807, 2.05) is 68.6 Å². The standard InChI is InChI=1S/C23H25N5OS/c1-15-8-9-16(2)19(14-15)26-20(29)10-13-28-22(18-7-5-12-25-18)21(27-23(28)30)17-6-3-4-11-24-17/h3-9,11-12,14,21-22,25H,10,13H2,1-2H3,(H,26,29)(H,27,30)/t21-,22+/m1/s1. The van der Waals surface area contributed by atoms with Crippen LogP contribution in [0.25, 0.3) is 0 Å². The fraction of sp³-hybridized carbons (Fsp3) is 0.261. The molecule has 30 heavy (non-hydrogen) atoms. The number of aromatic nitrogens is 2. The molecule has 1 saturated heterocycles. The Labute approximate surface area is 181 Å². The maximum atomic E-state index is 12.7. The zero-order chi connectivity index (χ0) is 21.1. The van der Waals surface area contributed by atoms with Gasteiger partial charge in [0.05, 0.1) is 17.8 Å². The van der Waals surface area contributed by atoms with Gasteiger partial charge in [0, 0.05) is 36.7 Å². The number of amides is 1. The van der Waals surface area contributed by atoms with Crippen molar-refractivity contribution in [1.29, 1.82) is 0 Å². The van der Waals surface area contributed by atoms with E-state index in [2.05, 4.69) is 25.5 Å².